The summed E-state index contributed by atoms with van der Waals surface area (Å²) in [5.41, 5.74) is -0.929. The number of halogens is 3. The molecule has 10 nitrogen and oxygen atoms in total. The van der Waals surface area contributed by atoms with Gasteiger partial charge >= 0.3 is 6.18 Å². The fraction of sp³-hybridized carbons (Fsp3) is 0.200. The minimum atomic E-state index is -4.83. The highest BCUT2D eigenvalue weighted by Crippen LogP contribution is 2.43. The van der Waals surface area contributed by atoms with Gasteiger partial charge in [-0.25, -0.2) is 0 Å². The summed E-state index contributed by atoms with van der Waals surface area (Å²) in [6, 6.07) is 15.0. The molecule has 2 N–H and O–H groups in total. The van der Waals surface area contributed by atoms with Crippen LogP contribution in [-0.4, -0.2) is 39.1 Å². The van der Waals surface area contributed by atoms with Crippen molar-refractivity contribution in [2.45, 2.75) is 18.7 Å². The normalized spacial score (nSPS) is 12.9. The Labute approximate surface area is 212 Å². The van der Waals surface area contributed by atoms with Crippen LogP contribution in [0, 0.1) is 17.2 Å². The van der Waals surface area contributed by atoms with Gasteiger partial charge in [-0.2, -0.15) is 23.4 Å². The smallest absolute Gasteiger partial charge is 0.381 e. The largest absolute Gasteiger partial charge is 0.422 e. The van der Waals surface area contributed by atoms with E-state index in [4.69, 9.17) is 14.3 Å². The van der Waals surface area contributed by atoms with Crippen LogP contribution in [0.25, 0.3) is 34.3 Å². The summed E-state index contributed by atoms with van der Waals surface area (Å²) in [6.45, 7) is 0. The van der Waals surface area contributed by atoms with Crippen LogP contribution in [0.3, 0.4) is 0 Å². The molecule has 2 atom stereocenters. The van der Waals surface area contributed by atoms with Crippen LogP contribution < -0.4 is 5.32 Å². The quantitative estimate of drug-likeness (QED) is 0.348. The van der Waals surface area contributed by atoms with Crippen molar-refractivity contribution in [3.8, 4) is 40.4 Å². The van der Waals surface area contributed by atoms with Crippen molar-refractivity contribution in [3.05, 3.63) is 65.7 Å². The van der Waals surface area contributed by atoms with Crippen molar-refractivity contribution in [1.82, 2.24) is 20.6 Å². The molecule has 0 radical (unpaired) electrons. The first-order valence-electron chi connectivity index (χ1n) is 11.0. The molecule has 1 amide bonds. The zero-order valence-corrected chi connectivity index (χ0v) is 19.6. The number of nitriles is 1. The van der Waals surface area contributed by atoms with Crippen LogP contribution in [0.4, 0.5) is 13.2 Å². The lowest BCUT2D eigenvalue weighted by molar-refractivity contribution is -0.137. The Kier molecular flexibility index (Phi) is 7.35. The van der Waals surface area contributed by atoms with Gasteiger partial charge in [-0.15, -0.1) is 0 Å². The summed E-state index contributed by atoms with van der Waals surface area (Å²) < 4.78 is 51.7. The van der Waals surface area contributed by atoms with Crippen molar-refractivity contribution < 1.29 is 36.9 Å². The maximum Gasteiger partial charge on any atom is 0.422 e. The minimum Gasteiger partial charge on any atom is -0.381 e. The van der Waals surface area contributed by atoms with Gasteiger partial charge in [0.15, 0.2) is 5.78 Å². The van der Waals surface area contributed by atoms with Gasteiger partial charge in [0.2, 0.25) is 17.5 Å². The van der Waals surface area contributed by atoms with E-state index in [2.05, 4.69) is 20.6 Å². The highest BCUT2D eigenvalue weighted by molar-refractivity contribution is 5.91. The zero-order valence-electron chi connectivity index (χ0n) is 19.6. The number of aliphatic hydroxyl groups excluding tert-OH is 1. The van der Waals surface area contributed by atoms with Gasteiger partial charge in [-0.1, -0.05) is 64.9 Å². The third-order valence-corrected chi connectivity index (χ3v) is 5.56. The van der Waals surface area contributed by atoms with Crippen molar-refractivity contribution in [3.63, 3.8) is 0 Å². The molecule has 4 rings (SSSR count). The second-order valence-electron chi connectivity index (χ2n) is 8.01. The number of carbonyl (C=O) groups is 2. The highest BCUT2D eigenvalue weighted by Gasteiger charge is 2.43. The fourth-order valence-corrected chi connectivity index (χ4v) is 3.61. The lowest BCUT2D eigenvalue weighted by Gasteiger charge is -2.12. The number of benzene rings is 2. The van der Waals surface area contributed by atoms with Gasteiger partial charge in [0.25, 0.3) is 5.89 Å². The van der Waals surface area contributed by atoms with Crippen LogP contribution >= 0.6 is 0 Å². The van der Waals surface area contributed by atoms with Crippen LogP contribution in [-0.2, 0) is 15.8 Å². The molecular formula is C25H18F3N5O5. The van der Waals surface area contributed by atoms with E-state index in [0.717, 1.165) is 0 Å². The first-order chi connectivity index (χ1) is 18.1. The van der Waals surface area contributed by atoms with E-state index in [9.17, 15) is 27.9 Å². The third kappa shape index (κ3) is 5.30. The number of rotatable bonds is 8. The molecule has 2 unspecified atom stereocenters. The molecule has 0 saturated carbocycles. The molecular weight excluding hydrogens is 507 g/mol. The van der Waals surface area contributed by atoms with Gasteiger partial charge in [0, 0.05) is 24.6 Å². The van der Waals surface area contributed by atoms with Gasteiger partial charge < -0.3 is 19.5 Å². The summed E-state index contributed by atoms with van der Waals surface area (Å²) in [7, 11) is 1.32. The topological polar surface area (TPSA) is 155 Å². The number of alkyl halides is 3. The standard InChI is InChI=1S/C25H18F3N5O5/c1-30-23(36)16(12-29)11-17(34)20(35)14-7-9-15(10-8-14)22-31-24(38-33-22)21-18(25(26,27)28)19(32-37-21)13-5-3-2-4-6-13/h2-10,16,20,35H,11H2,1H3,(H,30,36). The monoisotopic (exact) mass is 525 g/mol. The van der Waals surface area contributed by atoms with Crippen LogP contribution in [0.1, 0.15) is 23.7 Å². The summed E-state index contributed by atoms with van der Waals surface area (Å²) >= 11 is 0. The lowest BCUT2D eigenvalue weighted by atomic mass is 9.96. The van der Waals surface area contributed by atoms with E-state index in [1.807, 2.05) is 0 Å². The van der Waals surface area contributed by atoms with E-state index in [0.29, 0.717) is 5.56 Å². The number of amides is 1. The van der Waals surface area contributed by atoms with Crippen molar-refractivity contribution in [2.24, 2.45) is 5.92 Å². The molecule has 38 heavy (non-hydrogen) atoms. The molecule has 13 heteroatoms. The molecule has 2 heterocycles. The molecule has 0 bridgehead atoms. The second kappa shape index (κ2) is 10.7. The summed E-state index contributed by atoms with van der Waals surface area (Å²) in [6.07, 6.45) is -6.93. The Balaban J connectivity index is 1.57. The molecule has 4 aromatic rings. The van der Waals surface area contributed by atoms with E-state index in [-0.39, 0.29) is 17.0 Å². The summed E-state index contributed by atoms with van der Waals surface area (Å²) in [5, 5.41) is 28.9. The third-order valence-electron chi connectivity index (χ3n) is 5.56. The highest BCUT2D eigenvalue weighted by atomic mass is 19.4. The molecule has 0 spiro atoms. The van der Waals surface area contributed by atoms with Crippen molar-refractivity contribution in [2.75, 3.05) is 7.05 Å². The molecule has 0 saturated heterocycles. The minimum absolute atomic E-state index is 0.0812. The predicted octanol–water partition coefficient (Wildman–Crippen LogP) is 3.96. The number of ketones is 1. The summed E-state index contributed by atoms with van der Waals surface area (Å²) in [5.74, 6) is -4.00. The predicted molar refractivity (Wildman–Crippen MR) is 123 cm³/mol. The van der Waals surface area contributed by atoms with E-state index >= 15 is 0 Å². The van der Waals surface area contributed by atoms with Crippen molar-refractivity contribution >= 4 is 11.7 Å². The zero-order chi connectivity index (χ0) is 27.4. The van der Waals surface area contributed by atoms with Crippen molar-refractivity contribution in [1.29, 1.82) is 5.26 Å². The van der Waals surface area contributed by atoms with Gasteiger partial charge in [-0.05, 0) is 5.56 Å². The number of hydrogen-bond acceptors (Lipinski definition) is 9. The Hall–Kier alpha value is -4.83. The molecule has 0 aliphatic heterocycles. The molecule has 194 valence electrons. The number of carbonyl (C=O) groups excluding carboxylic acids is 2. The number of hydrogen-bond donors (Lipinski definition) is 2. The molecule has 0 fully saturated rings. The first kappa shape index (κ1) is 26.2. The molecule has 2 aromatic heterocycles. The van der Waals surface area contributed by atoms with E-state index in [1.54, 1.807) is 24.3 Å². The SMILES string of the molecule is CNC(=O)C(C#N)CC(=O)C(O)c1ccc(-c2noc(-c3onc(-c4ccccc4)c3C(F)(F)F)n2)cc1. The van der Waals surface area contributed by atoms with Crippen LogP contribution in [0.5, 0.6) is 0 Å². The Morgan fingerprint density at radius 2 is 1.74 bits per heavy atom. The van der Waals surface area contributed by atoms with Gasteiger partial charge in [0.05, 0.1) is 6.07 Å². The average Bonchev–Trinajstić information content (AvgIpc) is 3.59. The number of aliphatic hydroxyl groups is 1. The average molecular weight is 525 g/mol. The van der Waals surface area contributed by atoms with E-state index in [1.165, 1.54) is 43.4 Å². The first-order valence-corrected chi connectivity index (χ1v) is 11.0. The van der Waals surface area contributed by atoms with Crippen LogP contribution in [0.15, 0.2) is 63.6 Å². The Morgan fingerprint density at radius 1 is 1.05 bits per heavy atom. The van der Waals surface area contributed by atoms with Gasteiger partial charge in [0.1, 0.15) is 23.3 Å². The van der Waals surface area contributed by atoms with E-state index < -0.39 is 59.2 Å². The van der Waals surface area contributed by atoms with Gasteiger partial charge in [-0.3, -0.25) is 9.59 Å². The molecule has 0 aliphatic rings. The number of nitrogens with one attached hydrogen (secondary N) is 1. The number of nitrogens with zero attached hydrogens (tertiary/aromatic N) is 4. The lowest BCUT2D eigenvalue weighted by Crippen LogP contribution is -2.29. The Morgan fingerprint density at radius 3 is 2.34 bits per heavy atom. The second-order valence-corrected chi connectivity index (χ2v) is 8.01. The van der Waals surface area contributed by atoms with Crippen LogP contribution in [0.2, 0.25) is 0 Å². The maximum atomic E-state index is 13.9. The fourth-order valence-electron chi connectivity index (χ4n) is 3.61. The number of aromatic nitrogens is 3. The maximum absolute atomic E-state index is 13.9. The Bertz CT molecular complexity index is 1490. The molecule has 0 aliphatic carbocycles. The summed E-state index contributed by atoms with van der Waals surface area (Å²) in [4.78, 5) is 28.0. The molecule has 2 aromatic carbocycles. The number of Topliss-reactive ketones (excluding diaryl/α,β-unsaturated/α-hetero) is 1.